The molecule has 1 aliphatic carbocycles. The minimum Gasteiger partial charge on any atom is -0.495 e. The van der Waals surface area contributed by atoms with Gasteiger partial charge in [0.2, 0.25) is 5.91 Å². The van der Waals surface area contributed by atoms with Gasteiger partial charge in [0, 0.05) is 5.92 Å². The molecule has 1 aliphatic rings. The molecule has 26 heavy (non-hydrogen) atoms. The maximum Gasteiger partial charge on any atom is 0.298 e. The zero-order chi connectivity index (χ0) is 18.9. The summed E-state index contributed by atoms with van der Waals surface area (Å²) in [6, 6.07) is 4.52. The lowest BCUT2D eigenvalue weighted by Gasteiger charge is -2.08. The summed E-state index contributed by atoms with van der Waals surface area (Å²) >= 11 is 1.27. The molecule has 1 aromatic carbocycles. The molecule has 2 aromatic rings. The van der Waals surface area contributed by atoms with Crippen LogP contribution in [0.3, 0.4) is 0 Å². The molecule has 1 amide bonds. The van der Waals surface area contributed by atoms with Crippen LogP contribution in [0.25, 0.3) is 10.4 Å². The number of anilines is 1. The molecule has 1 saturated carbocycles. The molecule has 0 radical (unpaired) electrons. The summed E-state index contributed by atoms with van der Waals surface area (Å²) in [6.07, 6.45) is 3.95. The van der Waals surface area contributed by atoms with Crippen molar-refractivity contribution in [1.82, 2.24) is 4.98 Å². The van der Waals surface area contributed by atoms with Gasteiger partial charge in [-0.1, -0.05) is 24.2 Å². The lowest BCUT2D eigenvalue weighted by atomic mass is 10.1. The standard InChI is InChI=1S/C17H20N2O5S2/c1-10-15(12-7-8-13(24-2)14(9-12)26(21,22)23)25-17(18-10)19-16(20)11-5-3-4-6-11/h7-9,11H,3-6H2,1-2H3,(H,18,19,20)(H,21,22,23). The Labute approximate surface area is 156 Å². The molecule has 7 nitrogen and oxygen atoms in total. The molecule has 0 aliphatic heterocycles. The summed E-state index contributed by atoms with van der Waals surface area (Å²) in [7, 11) is -3.09. The number of carbonyl (C=O) groups is 1. The van der Waals surface area contributed by atoms with E-state index in [1.54, 1.807) is 13.0 Å². The van der Waals surface area contributed by atoms with E-state index >= 15 is 0 Å². The summed E-state index contributed by atoms with van der Waals surface area (Å²) in [5.74, 6) is 0.0825. The number of nitrogens with one attached hydrogen (secondary N) is 1. The van der Waals surface area contributed by atoms with Crippen molar-refractivity contribution in [3.8, 4) is 16.2 Å². The third-order valence-electron chi connectivity index (χ3n) is 4.46. The molecule has 9 heteroatoms. The van der Waals surface area contributed by atoms with Crippen LogP contribution in [-0.2, 0) is 14.9 Å². The van der Waals surface area contributed by atoms with Gasteiger partial charge >= 0.3 is 0 Å². The molecular formula is C17H20N2O5S2. The van der Waals surface area contributed by atoms with Crippen molar-refractivity contribution in [2.75, 3.05) is 12.4 Å². The SMILES string of the molecule is COc1ccc(-c2sc(NC(=O)C3CCCC3)nc2C)cc1S(=O)(=O)O. The maximum absolute atomic E-state index is 12.3. The Hall–Kier alpha value is -1.97. The zero-order valence-electron chi connectivity index (χ0n) is 14.5. The van der Waals surface area contributed by atoms with Crippen molar-refractivity contribution in [1.29, 1.82) is 0 Å². The quantitative estimate of drug-likeness (QED) is 0.749. The topological polar surface area (TPSA) is 106 Å². The fourth-order valence-corrected chi connectivity index (χ4v) is 4.78. The van der Waals surface area contributed by atoms with E-state index in [1.165, 1.54) is 30.6 Å². The fourth-order valence-electron chi connectivity index (χ4n) is 3.13. The second-order valence-corrected chi connectivity index (χ2v) is 8.63. The van der Waals surface area contributed by atoms with Gasteiger partial charge in [-0.15, -0.1) is 0 Å². The smallest absolute Gasteiger partial charge is 0.298 e. The molecule has 0 bridgehead atoms. The Kier molecular flexibility index (Phi) is 5.31. The highest BCUT2D eigenvalue weighted by atomic mass is 32.2. The molecule has 2 N–H and O–H groups in total. The van der Waals surface area contributed by atoms with Gasteiger partial charge in [0.15, 0.2) is 5.13 Å². The number of hydrogen-bond acceptors (Lipinski definition) is 6. The molecule has 0 unspecified atom stereocenters. The summed E-state index contributed by atoms with van der Waals surface area (Å²) in [5, 5.41) is 3.34. The van der Waals surface area contributed by atoms with Crippen LogP contribution < -0.4 is 10.1 Å². The summed E-state index contributed by atoms with van der Waals surface area (Å²) < 4.78 is 37.6. The normalized spacial score (nSPS) is 15.2. The first-order chi connectivity index (χ1) is 12.3. The van der Waals surface area contributed by atoms with Crippen LogP contribution in [0.5, 0.6) is 5.75 Å². The minimum atomic E-state index is -4.42. The van der Waals surface area contributed by atoms with Crippen LogP contribution in [0.4, 0.5) is 5.13 Å². The van der Waals surface area contributed by atoms with E-state index in [0.29, 0.717) is 16.4 Å². The van der Waals surface area contributed by atoms with Crippen molar-refractivity contribution < 1.29 is 22.5 Å². The van der Waals surface area contributed by atoms with Gasteiger partial charge in [0.1, 0.15) is 10.6 Å². The Morgan fingerprint density at radius 2 is 2.04 bits per heavy atom. The Morgan fingerprint density at radius 3 is 2.65 bits per heavy atom. The summed E-state index contributed by atoms with van der Waals surface area (Å²) in [4.78, 5) is 17.1. The van der Waals surface area contributed by atoms with Crippen molar-refractivity contribution in [2.45, 2.75) is 37.5 Å². The molecule has 0 atom stereocenters. The summed E-state index contributed by atoms with van der Waals surface area (Å²) in [6.45, 7) is 1.79. The number of ether oxygens (including phenoxy) is 1. The van der Waals surface area contributed by atoms with Gasteiger partial charge in [-0.3, -0.25) is 9.35 Å². The minimum absolute atomic E-state index is 0.0174. The van der Waals surface area contributed by atoms with E-state index in [2.05, 4.69) is 10.3 Å². The van der Waals surface area contributed by atoms with Crippen LogP contribution in [0.2, 0.25) is 0 Å². The molecule has 1 fully saturated rings. The third kappa shape index (κ3) is 3.89. The van der Waals surface area contributed by atoms with E-state index in [9.17, 15) is 17.8 Å². The van der Waals surface area contributed by atoms with Gasteiger partial charge in [-0.2, -0.15) is 8.42 Å². The average Bonchev–Trinajstić information content (AvgIpc) is 3.23. The number of hydrogen-bond donors (Lipinski definition) is 2. The van der Waals surface area contributed by atoms with E-state index < -0.39 is 10.1 Å². The molecule has 3 rings (SSSR count). The van der Waals surface area contributed by atoms with Crippen molar-refractivity contribution in [3.63, 3.8) is 0 Å². The lowest BCUT2D eigenvalue weighted by Crippen LogP contribution is -2.20. The van der Waals surface area contributed by atoms with Crippen LogP contribution in [-0.4, -0.2) is 31.0 Å². The second-order valence-electron chi connectivity index (χ2n) is 6.24. The number of benzene rings is 1. The van der Waals surface area contributed by atoms with Gasteiger partial charge in [-0.05, 0) is 43.5 Å². The zero-order valence-corrected chi connectivity index (χ0v) is 16.1. The lowest BCUT2D eigenvalue weighted by molar-refractivity contribution is -0.119. The number of amides is 1. The number of carbonyl (C=O) groups excluding carboxylic acids is 1. The Bertz CT molecular complexity index is 931. The first kappa shape index (κ1) is 18.8. The highest BCUT2D eigenvalue weighted by molar-refractivity contribution is 7.86. The largest absolute Gasteiger partial charge is 0.495 e. The van der Waals surface area contributed by atoms with E-state index in [-0.39, 0.29) is 22.5 Å². The molecule has 1 aromatic heterocycles. The first-order valence-corrected chi connectivity index (χ1v) is 10.5. The van der Waals surface area contributed by atoms with Crippen LogP contribution in [0, 0.1) is 12.8 Å². The van der Waals surface area contributed by atoms with Crippen molar-refractivity contribution in [3.05, 3.63) is 23.9 Å². The molecule has 1 heterocycles. The molecular weight excluding hydrogens is 376 g/mol. The summed E-state index contributed by atoms with van der Waals surface area (Å²) in [5.41, 5.74) is 1.25. The van der Waals surface area contributed by atoms with Gasteiger partial charge in [0.25, 0.3) is 10.1 Å². The van der Waals surface area contributed by atoms with Crippen LogP contribution in [0.15, 0.2) is 23.1 Å². The number of methoxy groups -OCH3 is 1. The second kappa shape index (κ2) is 7.34. The van der Waals surface area contributed by atoms with Gasteiger partial charge in [-0.25, -0.2) is 4.98 Å². The highest BCUT2D eigenvalue weighted by Crippen LogP contribution is 2.37. The van der Waals surface area contributed by atoms with E-state index in [4.69, 9.17) is 4.74 Å². The number of nitrogens with zero attached hydrogens (tertiary/aromatic N) is 1. The monoisotopic (exact) mass is 396 g/mol. The number of thiazole rings is 1. The molecule has 0 spiro atoms. The third-order valence-corrected chi connectivity index (χ3v) is 6.45. The maximum atomic E-state index is 12.3. The number of aromatic nitrogens is 1. The average molecular weight is 396 g/mol. The van der Waals surface area contributed by atoms with E-state index in [1.807, 2.05) is 0 Å². The van der Waals surface area contributed by atoms with Gasteiger partial charge < -0.3 is 10.1 Å². The number of rotatable bonds is 5. The first-order valence-electron chi connectivity index (χ1n) is 8.24. The fraction of sp³-hybridized carbons (Fsp3) is 0.412. The van der Waals surface area contributed by atoms with Crippen molar-refractivity contribution >= 4 is 32.5 Å². The Balaban J connectivity index is 1.90. The Morgan fingerprint density at radius 1 is 1.35 bits per heavy atom. The van der Waals surface area contributed by atoms with Crippen LogP contribution in [0.1, 0.15) is 31.4 Å². The molecule has 0 saturated heterocycles. The predicted octanol–water partition coefficient (Wildman–Crippen LogP) is 3.50. The van der Waals surface area contributed by atoms with Gasteiger partial charge in [0.05, 0.1) is 17.7 Å². The van der Waals surface area contributed by atoms with E-state index in [0.717, 1.165) is 30.6 Å². The molecule has 140 valence electrons. The number of aryl methyl sites for hydroxylation is 1. The predicted molar refractivity (Wildman–Crippen MR) is 99.2 cm³/mol. The highest BCUT2D eigenvalue weighted by Gasteiger charge is 2.24. The van der Waals surface area contributed by atoms with Crippen molar-refractivity contribution in [2.24, 2.45) is 5.92 Å². The van der Waals surface area contributed by atoms with Crippen LogP contribution >= 0.6 is 11.3 Å².